The van der Waals surface area contributed by atoms with Crippen molar-refractivity contribution in [2.45, 2.75) is 17.9 Å². The number of nitrogens with zero attached hydrogens (tertiary/aromatic N) is 1. The number of aryl methyl sites for hydroxylation is 1. The smallest absolute Gasteiger partial charge is 0.261 e. The Kier molecular flexibility index (Phi) is 6.25. The maximum atomic E-state index is 12.8. The van der Waals surface area contributed by atoms with Gasteiger partial charge in [0.1, 0.15) is 0 Å². The van der Waals surface area contributed by atoms with Crippen molar-refractivity contribution in [2.24, 2.45) is 5.73 Å². The first-order valence-electron chi connectivity index (χ1n) is 8.76. The van der Waals surface area contributed by atoms with Crippen LogP contribution in [0.4, 0.5) is 5.69 Å². The third kappa shape index (κ3) is 4.95. The highest BCUT2D eigenvalue weighted by Crippen LogP contribution is 2.26. The van der Waals surface area contributed by atoms with Crippen molar-refractivity contribution in [3.05, 3.63) is 58.1 Å². The van der Waals surface area contributed by atoms with E-state index in [-0.39, 0.29) is 30.2 Å². The summed E-state index contributed by atoms with van der Waals surface area (Å²) in [6.07, 6.45) is -0.875. The predicted octanol–water partition coefficient (Wildman–Crippen LogP) is 1.88. The van der Waals surface area contributed by atoms with E-state index in [0.29, 0.717) is 10.2 Å². The van der Waals surface area contributed by atoms with Gasteiger partial charge in [-0.25, -0.2) is 8.42 Å². The Bertz CT molecular complexity index is 1060. The number of amides is 2. The van der Waals surface area contributed by atoms with Crippen molar-refractivity contribution < 1.29 is 22.7 Å². The summed E-state index contributed by atoms with van der Waals surface area (Å²) in [5, 5.41) is 0. The highest BCUT2D eigenvalue weighted by molar-refractivity contribution is 9.10. The third-order valence-electron chi connectivity index (χ3n) is 4.43. The van der Waals surface area contributed by atoms with E-state index in [2.05, 4.69) is 20.7 Å². The summed E-state index contributed by atoms with van der Waals surface area (Å²) < 4.78 is 34.0. The van der Waals surface area contributed by atoms with Crippen LogP contribution in [0, 0.1) is 6.92 Å². The van der Waals surface area contributed by atoms with Gasteiger partial charge in [-0.1, -0.05) is 12.1 Å². The number of anilines is 1. The number of morpholine rings is 1. The number of hydrogen-bond acceptors (Lipinski definition) is 5. The van der Waals surface area contributed by atoms with Gasteiger partial charge < -0.3 is 15.4 Å². The largest absolute Gasteiger partial charge is 0.367 e. The molecule has 1 atom stereocenters. The van der Waals surface area contributed by atoms with Crippen molar-refractivity contribution in [3.8, 4) is 0 Å². The van der Waals surface area contributed by atoms with Crippen molar-refractivity contribution in [2.75, 3.05) is 24.4 Å². The van der Waals surface area contributed by atoms with E-state index in [9.17, 15) is 18.0 Å². The molecule has 2 amide bonds. The molecule has 29 heavy (non-hydrogen) atoms. The Balaban J connectivity index is 1.84. The van der Waals surface area contributed by atoms with Crippen LogP contribution in [0.1, 0.15) is 15.9 Å². The SMILES string of the molecule is Cc1ccc(Br)c(NS(=O)(=O)c2cccc(C(=O)N3CCOC(C(N)=O)C3)c2)c1. The number of carbonyl (C=O) groups excluding carboxylic acids is 2. The van der Waals surface area contributed by atoms with E-state index in [1.54, 1.807) is 12.1 Å². The molecule has 1 fully saturated rings. The summed E-state index contributed by atoms with van der Waals surface area (Å²) >= 11 is 3.33. The lowest BCUT2D eigenvalue weighted by molar-refractivity contribution is -0.133. The number of benzene rings is 2. The Labute approximate surface area is 177 Å². The average molecular weight is 482 g/mol. The molecule has 1 aliphatic rings. The van der Waals surface area contributed by atoms with Crippen LogP contribution in [0.5, 0.6) is 0 Å². The predicted molar refractivity (Wildman–Crippen MR) is 111 cm³/mol. The lowest BCUT2D eigenvalue weighted by Crippen LogP contribution is -2.50. The Morgan fingerprint density at radius 3 is 2.72 bits per heavy atom. The zero-order valence-corrected chi connectivity index (χ0v) is 18.0. The summed E-state index contributed by atoms with van der Waals surface area (Å²) in [6.45, 7) is 2.35. The average Bonchev–Trinajstić information content (AvgIpc) is 2.70. The Morgan fingerprint density at radius 1 is 1.24 bits per heavy atom. The summed E-state index contributed by atoms with van der Waals surface area (Å²) in [6, 6.07) is 11.0. The highest BCUT2D eigenvalue weighted by Gasteiger charge is 2.29. The van der Waals surface area contributed by atoms with E-state index in [1.807, 2.05) is 13.0 Å². The van der Waals surface area contributed by atoms with Gasteiger partial charge in [-0.05, 0) is 58.7 Å². The molecule has 0 spiro atoms. The summed E-state index contributed by atoms with van der Waals surface area (Å²) in [4.78, 5) is 25.5. The van der Waals surface area contributed by atoms with E-state index in [1.165, 1.54) is 29.2 Å². The molecule has 0 radical (unpaired) electrons. The first-order chi connectivity index (χ1) is 13.7. The fourth-order valence-electron chi connectivity index (χ4n) is 2.91. The first kappa shape index (κ1) is 21.3. The number of nitrogens with two attached hydrogens (primary N) is 1. The lowest BCUT2D eigenvalue weighted by atomic mass is 10.1. The number of sulfonamides is 1. The molecule has 8 nitrogen and oxygen atoms in total. The molecule has 0 saturated carbocycles. The van der Waals surface area contributed by atoms with Crippen molar-refractivity contribution >= 4 is 43.5 Å². The lowest BCUT2D eigenvalue weighted by Gasteiger charge is -2.31. The van der Waals surface area contributed by atoms with Crippen molar-refractivity contribution in [1.82, 2.24) is 4.90 Å². The number of ether oxygens (including phenoxy) is 1. The maximum absolute atomic E-state index is 12.8. The minimum absolute atomic E-state index is 0.0274. The van der Waals surface area contributed by atoms with E-state index in [4.69, 9.17) is 10.5 Å². The quantitative estimate of drug-likeness (QED) is 0.675. The fourth-order valence-corrected chi connectivity index (χ4v) is 4.50. The van der Waals surface area contributed by atoms with Gasteiger partial charge in [0, 0.05) is 16.6 Å². The monoisotopic (exact) mass is 481 g/mol. The van der Waals surface area contributed by atoms with Gasteiger partial charge in [-0.3, -0.25) is 14.3 Å². The fraction of sp³-hybridized carbons (Fsp3) is 0.263. The van der Waals surface area contributed by atoms with Crippen LogP contribution in [-0.4, -0.2) is 50.9 Å². The highest BCUT2D eigenvalue weighted by atomic mass is 79.9. The van der Waals surface area contributed by atoms with Gasteiger partial charge >= 0.3 is 0 Å². The summed E-state index contributed by atoms with van der Waals surface area (Å²) in [5.41, 5.74) is 6.74. The molecule has 0 aliphatic carbocycles. The molecule has 154 valence electrons. The van der Waals surface area contributed by atoms with Gasteiger partial charge in [0.2, 0.25) is 5.91 Å². The Morgan fingerprint density at radius 2 is 2.00 bits per heavy atom. The maximum Gasteiger partial charge on any atom is 0.261 e. The summed E-state index contributed by atoms with van der Waals surface area (Å²) in [5.74, 6) is -1.04. The van der Waals surface area contributed by atoms with Crippen LogP contribution < -0.4 is 10.5 Å². The minimum Gasteiger partial charge on any atom is -0.367 e. The van der Waals surface area contributed by atoms with Crippen LogP contribution in [-0.2, 0) is 19.6 Å². The van der Waals surface area contributed by atoms with Gasteiger partial charge in [0.05, 0.1) is 23.7 Å². The van der Waals surface area contributed by atoms with Crippen LogP contribution in [0.15, 0.2) is 51.8 Å². The molecule has 2 aromatic rings. The molecule has 1 aliphatic heterocycles. The molecule has 0 bridgehead atoms. The van der Waals surface area contributed by atoms with Gasteiger partial charge in [-0.15, -0.1) is 0 Å². The number of hydrogen-bond donors (Lipinski definition) is 2. The Hall–Kier alpha value is -2.43. The molecule has 0 aromatic heterocycles. The van der Waals surface area contributed by atoms with Gasteiger partial charge in [-0.2, -0.15) is 0 Å². The molecule has 1 unspecified atom stereocenters. The normalized spacial score (nSPS) is 17.0. The van der Waals surface area contributed by atoms with Crippen LogP contribution >= 0.6 is 15.9 Å². The van der Waals surface area contributed by atoms with E-state index in [0.717, 1.165) is 5.56 Å². The van der Waals surface area contributed by atoms with Crippen LogP contribution in [0.2, 0.25) is 0 Å². The number of carbonyl (C=O) groups is 2. The van der Waals surface area contributed by atoms with Crippen LogP contribution in [0.3, 0.4) is 0 Å². The molecule has 3 N–H and O–H groups in total. The molecule has 1 saturated heterocycles. The molecule has 1 heterocycles. The second kappa shape index (κ2) is 8.52. The van der Waals surface area contributed by atoms with Crippen LogP contribution in [0.25, 0.3) is 0 Å². The molecule has 10 heteroatoms. The third-order valence-corrected chi connectivity index (χ3v) is 6.48. The molecule has 3 rings (SSSR count). The zero-order valence-electron chi connectivity index (χ0n) is 15.6. The summed E-state index contributed by atoms with van der Waals surface area (Å²) in [7, 11) is -3.91. The number of nitrogens with one attached hydrogen (secondary N) is 1. The number of halogens is 1. The number of rotatable bonds is 5. The minimum atomic E-state index is -3.91. The van der Waals surface area contributed by atoms with Crippen molar-refractivity contribution in [3.63, 3.8) is 0 Å². The number of primary amides is 1. The van der Waals surface area contributed by atoms with E-state index >= 15 is 0 Å². The first-order valence-corrected chi connectivity index (χ1v) is 11.0. The second-order valence-corrected chi connectivity index (χ2v) is 9.17. The van der Waals surface area contributed by atoms with E-state index < -0.39 is 27.9 Å². The van der Waals surface area contributed by atoms with Crippen molar-refractivity contribution in [1.29, 1.82) is 0 Å². The van der Waals surface area contributed by atoms with Gasteiger partial charge in [0.15, 0.2) is 6.10 Å². The topological polar surface area (TPSA) is 119 Å². The molecule has 2 aromatic carbocycles. The standard InChI is InChI=1S/C19H20BrN3O5S/c1-12-5-6-15(20)16(9-12)22-29(26,27)14-4-2-3-13(10-14)19(25)23-7-8-28-17(11-23)18(21)24/h2-6,9-10,17,22H,7-8,11H2,1H3,(H2,21,24). The molecular weight excluding hydrogens is 462 g/mol. The molecular formula is C19H20BrN3O5S. The second-order valence-electron chi connectivity index (χ2n) is 6.63. The van der Waals surface area contributed by atoms with Gasteiger partial charge in [0.25, 0.3) is 15.9 Å². The zero-order chi connectivity index (χ0) is 21.2.